The van der Waals surface area contributed by atoms with Gasteiger partial charge in [-0.15, -0.1) is 0 Å². The number of urea groups is 1. The summed E-state index contributed by atoms with van der Waals surface area (Å²) >= 11 is 0. The number of barbiturate groups is 1. The molecule has 1 aromatic heterocycles. The summed E-state index contributed by atoms with van der Waals surface area (Å²) in [5.41, 5.74) is 1.37. The number of nitrogens with zero attached hydrogens (tertiary/aromatic N) is 2. The van der Waals surface area contributed by atoms with Gasteiger partial charge in [-0.3, -0.25) is 24.6 Å². The Balaban J connectivity index is 1.65. The zero-order chi connectivity index (χ0) is 21.3. The van der Waals surface area contributed by atoms with Crippen molar-refractivity contribution in [2.45, 2.75) is 45.2 Å². The highest BCUT2D eigenvalue weighted by atomic mass is 16.2. The van der Waals surface area contributed by atoms with Crippen LogP contribution >= 0.6 is 0 Å². The average Bonchev–Trinajstić information content (AvgIpc) is 3.34. The molecule has 2 fully saturated rings. The van der Waals surface area contributed by atoms with Gasteiger partial charge in [-0.1, -0.05) is 31.0 Å². The lowest BCUT2D eigenvalue weighted by molar-refractivity contribution is -0.130. The monoisotopic (exact) mass is 408 g/mol. The highest BCUT2D eigenvalue weighted by Crippen LogP contribution is 2.25. The number of fused-ring (bicyclic) bond motifs is 1. The lowest BCUT2D eigenvalue weighted by Crippen LogP contribution is -2.53. The molecule has 8 heteroatoms. The van der Waals surface area contributed by atoms with Gasteiger partial charge in [-0.25, -0.2) is 4.79 Å². The van der Waals surface area contributed by atoms with E-state index in [4.69, 9.17) is 0 Å². The number of likely N-dealkylation sites (N-methyl/N-ethyl adjacent to an activating group) is 1. The third-order valence-electron chi connectivity index (χ3n) is 5.66. The van der Waals surface area contributed by atoms with Crippen LogP contribution in [0.2, 0.25) is 0 Å². The number of benzene rings is 1. The van der Waals surface area contributed by atoms with Gasteiger partial charge in [0, 0.05) is 35.2 Å². The number of para-hydroxylation sites is 1. The molecule has 5 amide bonds. The minimum absolute atomic E-state index is 0.0592. The summed E-state index contributed by atoms with van der Waals surface area (Å²) in [4.78, 5) is 50.2. The smallest absolute Gasteiger partial charge is 0.331 e. The molecule has 2 aromatic rings. The highest BCUT2D eigenvalue weighted by molar-refractivity contribution is 6.31. The number of amides is 5. The Bertz CT molecular complexity index is 1060. The first-order valence-corrected chi connectivity index (χ1v) is 10.2. The molecule has 0 atom stereocenters. The summed E-state index contributed by atoms with van der Waals surface area (Å²) < 4.78 is 1.82. The number of carbonyl (C=O) groups excluding carboxylic acids is 4. The Morgan fingerprint density at radius 1 is 1.20 bits per heavy atom. The summed E-state index contributed by atoms with van der Waals surface area (Å²) in [5.74, 6) is -1.40. The predicted molar refractivity (Wildman–Crippen MR) is 111 cm³/mol. The maximum absolute atomic E-state index is 12.6. The number of hydrogen-bond acceptors (Lipinski definition) is 4. The van der Waals surface area contributed by atoms with E-state index in [0.29, 0.717) is 5.56 Å². The first-order valence-electron chi connectivity index (χ1n) is 10.2. The van der Waals surface area contributed by atoms with Crippen molar-refractivity contribution in [3.05, 3.63) is 41.6 Å². The van der Waals surface area contributed by atoms with Crippen LogP contribution in [0.3, 0.4) is 0 Å². The van der Waals surface area contributed by atoms with Crippen molar-refractivity contribution in [3.8, 4) is 0 Å². The van der Waals surface area contributed by atoms with Crippen LogP contribution in [-0.2, 0) is 20.9 Å². The molecule has 1 aliphatic heterocycles. The topological polar surface area (TPSA) is 101 Å². The van der Waals surface area contributed by atoms with E-state index >= 15 is 0 Å². The van der Waals surface area contributed by atoms with E-state index in [1.165, 1.54) is 6.08 Å². The van der Waals surface area contributed by atoms with E-state index in [0.717, 1.165) is 41.5 Å². The van der Waals surface area contributed by atoms with Crippen molar-refractivity contribution in [1.82, 2.24) is 20.1 Å². The van der Waals surface area contributed by atoms with Gasteiger partial charge in [0.15, 0.2) is 0 Å². The second kappa shape index (κ2) is 8.14. The van der Waals surface area contributed by atoms with Crippen LogP contribution < -0.4 is 10.6 Å². The van der Waals surface area contributed by atoms with Gasteiger partial charge in [0.1, 0.15) is 12.1 Å². The molecule has 2 heterocycles. The second-order valence-electron chi connectivity index (χ2n) is 7.65. The summed E-state index contributed by atoms with van der Waals surface area (Å²) in [6.07, 6.45) is 7.56. The molecule has 0 unspecified atom stereocenters. The van der Waals surface area contributed by atoms with Crippen molar-refractivity contribution in [3.63, 3.8) is 0 Å². The van der Waals surface area contributed by atoms with Crippen molar-refractivity contribution in [1.29, 1.82) is 0 Å². The van der Waals surface area contributed by atoms with E-state index in [1.807, 2.05) is 28.8 Å². The Kier molecular flexibility index (Phi) is 5.39. The number of imide groups is 2. The lowest BCUT2D eigenvalue weighted by Gasteiger charge is -2.24. The molecule has 2 N–H and O–H groups in total. The quantitative estimate of drug-likeness (QED) is 0.585. The van der Waals surface area contributed by atoms with E-state index in [2.05, 4.69) is 10.6 Å². The van der Waals surface area contributed by atoms with Gasteiger partial charge in [0.05, 0.1) is 0 Å². The Labute approximate surface area is 173 Å². The molecule has 2 aliphatic rings. The number of carbonyl (C=O) groups is 4. The maximum atomic E-state index is 12.6. The van der Waals surface area contributed by atoms with E-state index in [1.54, 1.807) is 13.1 Å². The molecule has 0 bridgehead atoms. The molecule has 8 nitrogen and oxygen atoms in total. The standard InChI is InChI=1S/C22H24N4O4/c1-2-26-21(29)17(20(28)24-22(26)30)11-14-12-25(18-10-6-5-9-16(14)18)13-19(27)23-15-7-3-4-8-15/h5-6,9-12,15H,2-4,7-8,13H2,1H3,(H,23,27)(H,24,28,30)/b17-11+. The van der Waals surface area contributed by atoms with Crippen LogP contribution in [-0.4, -0.2) is 45.8 Å². The molecule has 1 saturated heterocycles. The van der Waals surface area contributed by atoms with Gasteiger partial charge in [-0.2, -0.15) is 0 Å². The van der Waals surface area contributed by atoms with Crippen molar-refractivity contribution in [2.24, 2.45) is 0 Å². The Morgan fingerprint density at radius 3 is 2.67 bits per heavy atom. The molecule has 1 aromatic carbocycles. The van der Waals surface area contributed by atoms with Crippen LogP contribution in [0.25, 0.3) is 17.0 Å². The van der Waals surface area contributed by atoms with Gasteiger partial charge < -0.3 is 9.88 Å². The predicted octanol–water partition coefficient (Wildman–Crippen LogP) is 2.18. The molecule has 1 saturated carbocycles. The van der Waals surface area contributed by atoms with E-state index in [9.17, 15) is 19.2 Å². The first-order chi connectivity index (χ1) is 14.5. The summed E-state index contributed by atoms with van der Waals surface area (Å²) in [5, 5.41) is 6.09. The number of nitrogens with one attached hydrogen (secondary N) is 2. The van der Waals surface area contributed by atoms with Gasteiger partial charge in [-0.05, 0) is 31.9 Å². The molecule has 156 valence electrons. The molecular formula is C22H24N4O4. The fourth-order valence-corrected chi connectivity index (χ4v) is 4.16. The number of hydrogen-bond donors (Lipinski definition) is 2. The van der Waals surface area contributed by atoms with Crippen LogP contribution in [0, 0.1) is 0 Å². The van der Waals surface area contributed by atoms with Crippen molar-refractivity contribution in [2.75, 3.05) is 6.54 Å². The summed E-state index contributed by atoms with van der Waals surface area (Å²) in [6, 6.07) is 7.03. The third-order valence-corrected chi connectivity index (χ3v) is 5.66. The summed E-state index contributed by atoms with van der Waals surface area (Å²) in [6.45, 7) is 1.98. The number of rotatable bonds is 5. The molecular weight excluding hydrogens is 384 g/mol. The summed E-state index contributed by atoms with van der Waals surface area (Å²) in [7, 11) is 0. The van der Waals surface area contributed by atoms with Crippen LogP contribution in [0.1, 0.15) is 38.2 Å². The highest BCUT2D eigenvalue weighted by Gasteiger charge is 2.34. The molecule has 30 heavy (non-hydrogen) atoms. The maximum Gasteiger partial charge on any atom is 0.331 e. The zero-order valence-corrected chi connectivity index (χ0v) is 16.8. The Hall–Kier alpha value is -3.42. The molecule has 4 rings (SSSR count). The van der Waals surface area contributed by atoms with Crippen LogP contribution in [0.4, 0.5) is 4.79 Å². The van der Waals surface area contributed by atoms with Gasteiger partial charge in [0.25, 0.3) is 11.8 Å². The fourth-order valence-electron chi connectivity index (χ4n) is 4.16. The average molecular weight is 408 g/mol. The second-order valence-corrected chi connectivity index (χ2v) is 7.65. The zero-order valence-electron chi connectivity index (χ0n) is 16.8. The normalized spacial score (nSPS) is 19.0. The molecule has 1 aliphatic carbocycles. The third kappa shape index (κ3) is 3.72. The number of aromatic nitrogens is 1. The van der Waals surface area contributed by atoms with Gasteiger partial charge in [0.2, 0.25) is 5.91 Å². The minimum atomic E-state index is -0.717. The van der Waals surface area contributed by atoms with E-state index in [-0.39, 0.29) is 30.6 Å². The van der Waals surface area contributed by atoms with Gasteiger partial charge >= 0.3 is 6.03 Å². The minimum Gasteiger partial charge on any atom is -0.352 e. The molecule has 0 radical (unpaired) electrons. The SMILES string of the molecule is CCN1C(=O)NC(=O)/C(=C\c2cn(CC(=O)NC3CCCC3)c3ccccc23)C1=O. The Morgan fingerprint density at radius 2 is 1.93 bits per heavy atom. The van der Waals surface area contributed by atoms with Crippen LogP contribution in [0.15, 0.2) is 36.0 Å². The molecule has 0 spiro atoms. The largest absolute Gasteiger partial charge is 0.352 e. The fraction of sp³-hybridized carbons (Fsp3) is 0.364. The van der Waals surface area contributed by atoms with Crippen LogP contribution in [0.5, 0.6) is 0 Å². The lowest BCUT2D eigenvalue weighted by atomic mass is 10.1. The van der Waals surface area contributed by atoms with Crippen molar-refractivity contribution >= 4 is 40.7 Å². The van der Waals surface area contributed by atoms with Crippen molar-refractivity contribution < 1.29 is 19.2 Å². The first kappa shape index (κ1) is 19.9. The van der Waals surface area contributed by atoms with E-state index < -0.39 is 17.8 Å².